The molecular weight excluding hydrogens is 280 g/mol. The molecule has 3 nitrogen and oxygen atoms in total. The average molecular weight is 296 g/mol. The van der Waals surface area contributed by atoms with Gasteiger partial charge in [0.1, 0.15) is 5.75 Å². The molecule has 1 aromatic heterocycles. The summed E-state index contributed by atoms with van der Waals surface area (Å²) in [7, 11) is 1.72. The maximum atomic E-state index is 5.31. The molecule has 0 bridgehead atoms. The first kappa shape index (κ1) is 12.7. The summed E-state index contributed by atoms with van der Waals surface area (Å²) in [5.74, 6) is 0.946. The van der Waals surface area contributed by atoms with Crippen LogP contribution in [0.15, 0.2) is 42.5 Å². The lowest BCUT2D eigenvalue weighted by atomic mass is 10.00. The largest absolute Gasteiger partial charge is 0.497 e. The molecular formula is C17H16N2OS. The number of para-hydroxylation sites is 1. The molecule has 0 saturated heterocycles. The van der Waals surface area contributed by atoms with E-state index >= 15 is 0 Å². The van der Waals surface area contributed by atoms with Crippen molar-refractivity contribution >= 4 is 26.7 Å². The van der Waals surface area contributed by atoms with Gasteiger partial charge >= 0.3 is 0 Å². The Hall–Kier alpha value is -2.07. The van der Waals surface area contributed by atoms with E-state index in [2.05, 4.69) is 35.2 Å². The smallest absolute Gasteiger partial charge is 0.186 e. The molecule has 2 heterocycles. The number of ether oxygens (including phenoxy) is 1. The number of anilines is 1. The molecule has 3 aromatic rings. The van der Waals surface area contributed by atoms with E-state index in [4.69, 9.17) is 9.72 Å². The van der Waals surface area contributed by atoms with Crippen molar-refractivity contribution in [1.29, 1.82) is 0 Å². The van der Waals surface area contributed by atoms with Crippen molar-refractivity contribution in [3.8, 4) is 5.75 Å². The van der Waals surface area contributed by atoms with Crippen molar-refractivity contribution in [2.45, 2.75) is 13.0 Å². The molecule has 1 aliphatic rings. The van der Waals surface area contributed by atoms with Gasteiger partial charge in [-0.15, -0.1) is 0 Å². The zero-order chi connectivity index (χ0) is 14.2. The zero-order valence-corrected chi connectivity index (χ0v) is 12.7. The first-order chi connectivity index (χ1) is 10.3. The highest BCUT2D eigenvalue weighted by Crippen LogP contribution is 2.32. The molecule has 0 unspecified atom stereocenters. The van der Waals surface area contributed by atoms with E-state index in [1.807, 2.05) is 12.1 Å². The summed E-state index contributed by atoms with van der Waals surface area (Å²) in [5, 5.41) is 1.12. The lowest BCUT2D eigenvalue weighted by Gasteiger charge is -2.28. The van der Waals surface area contributed by atoms with Crippen LogP contribution in [0.4, 0.5) is 5.13 Å². The molecule has 2 aromatic carbocycles. The Labute approximate surface area is 127 Å². The van der Waals surface area contributed by atoms with Gasteiger partial charge < -0.3 is 9.64 Å². The number of benzene rings is 2. The monoisotopic (exact) mass is 296 g/mol. The van der Waals surface area contributed by atoms with E-state index in [1.54, 1.807) is 18.4 Å². The lowest BCUT2D eigenvalue weighted by Crippen LogP contribution is -2.30. The van der Waals surface area contributed by atoms with E-state index < -0.39 is 0 Å². The zero-order valence-electron chi connectivity index (χ0n) is 11.9. The standard InChI is InChI=1S/C17H16N2OS/c1-20-14-7-6-13-11-19(9-8-12(13)10-14)17-18-15-4-2-3-5-16(15)21-17/h2-7,10H,8-9,11H2,1H3. The van der Waals surface area contributed by atoms with Gasteiger partial charge in [0, 0.05) is 13.1 Å². The van der Waals surface area contributed by atoms with Gasteiger partial charge in [0.05, 0.1) is 17.3 Å². The SMILES string of the molecule is COc1ccc2c(c1)CCN(c1nc3ccccc3s1)C2. The Kier molecular flexibility index (Phi) is 3.04. The van der Waals surface area contributed by atoms with Crippen LogP contribution >= 0.6 is 11.3 Å². The van der Waals surface area contributed by atoms with E-state index in [9.17, 15) is 0 Å². The van der Waals surface area contributed by atoms with E-state index in [-0.39, 0.29) is 0 Å². The summed E-state index contributed by atoms with van der Waals surface area (Å²) in [5.41, 5.74) is 3.87. The lowest BCUT2D eigenvalue weighted by molar-refractivity contribution is 0.414. The van der Waals surface area contributed by atoms with Gasteiger partial charge in [-0.3, -0.25) is 0 Å². The Morgan fingerprint density at radius 1 is 1.14 bits per heavy atom. The summed E-state index contributed by atoms with van der Waals surface area (Å²) >= 11 is 1.78. The highest BCUT2D eigenvalue weighted by Gasteiger charge is 2.19. The van der Waals surface area contributed by atoms with Crippen molar-refractivity contribution in [2.24, 2.45) is 0 Å². The number of hydrogen-bond donors (Lipinski definition) is 0. The molecule has 0 saturated carbocycles. The van der Waals surface area contributed by atoms with Crippen LogP contribution in [0.2, 0.25) is 0 Å². The van der Waals surface area contributed by atoms with Gasteiger partial charge in [-0.25, -0.2) is 4.98 Å². The highest BCUT2D eigenvalue weighted by atomic mass is 32.1. The number of thiazole rings is 1. The molecule has 0 atom stereocenters. The van der Waals surface area contributed by atoms with Crippen LogP contribution in [0, 0.1) is 0 Å². The fourth-order valence-corrected chi connectivity index (χ4v) is 3.81. The predicted octanol–water partition coefficient (Wildman–Crippen LogP) is 3.87. The number of fused-ring (bicyclic) bond motifs is 2. The number of hydrogen-bond acceptors (Lipinski definition) is 4. The van der Waals surface area contributed by atoms with E-state index in [0.717, 1.165) is 35.9 Å². The van der Waals surface area contributed by atoms with Gasteiger partial charge in [0.25, 0.3) is 0 Å². The Balaban J connectivity index is 1.65. The third-order valence-electron chi connectivity index (χ3n) is 3.98. The minimum absolute atomic E-state index is 0.930. The molecule has 0 N–H and O–H groups in total. The highest BCUT2D eigenvalue weighted by molar-refractivity contribution is 7.22. The second kappa shape index (κ2) is 5.04. The molecule has 0 spiro atoms. The maximum Gasteiger partial charge on any atom is 0.186 e. The van der Waals surface area contributed by atoms with Crippen LogP contribution in [-0.4, -0.2) is 18.6 Å². The number of rotatable bonds is 2. The van der Waals surface area contributed by atoms with Gasteiger partial charge in [-0.2, -0.15) is 0 Å². The molecule has 0 radical (unpaired) electrons. The molecule has 1 aliphatic heterocycles. The molecule has 0 amide bonds. The third kappa shape index (κ3) is 2.25. The second-order valence-corrected chi connectivity index (χ2v) is 6.28. The normalized spacial score (nSPS) is 14.2. The summed E-state index contributed by atoms with van der Waals surface area (Å²) in [4.78, 5) is 7.14. The van der Waals surface area contributed by atoms with Gasteiger partial charge in [0.2, 0.25) is 0 Å². The van der Waals surface area contributed by atoms with E-state index in [1.165, 1.54) is 15.8 Å². The Morgan fingerprint density at radius 3 is 2.90 bits per heavy atom. The molecule has 4 rings (SSSR count). The van der Waals surface area contributed by atoms with Crippen LogP contribution in [0.25, 0.3) is 10.2 Å². The topological polar surface area (TPSA) is 25.4 Å². The summed E-state index contributed by atoms with van der Waals surface area (Å²) in [6, 6.07) is 14.7. The van der Waals surface area contributed by atoms with Crippen molar-refractivity contribution in [3.63, 3.8) is 0 Å². The predicted molar refractivity (Wildman–Crippen MR) is 87.4 cm³/mol. The van der Waals surface area contributed by atoms with Gasteiger partial charge in [-0.1, -0.05) is 29.5 Å². The Bertz CT molecular complexity index is 763. The van der Waals surface area contributed by atoms with Gasteiger partial charge in [-0.05, 0) is 41.8 Å². The molecule has 0 aliphatic carbocycles. The van der Waals surface area contributed by atoms with Crippen LogP contribution in [0.3, 0.4) is 0 Å². The molecule has 0 fully saturated rings. The molecule has 21 heavy (non-hydrogen) atoms. The van der Waals surface area contributed by atoms with Crippen LogP contribution < -0.4 is 9.64 Å². The summed E-state index contributed by atoms with van der Waals surface area (Å²) < 4.78 is 6.57. The van der Waals surface area contributed by atoms with Crippen LogP contribution in [-0.2, 0) is 13.0 Å². The van der Waals surface area contributed by atoms with E-state index in [0.29, 0.717) is 0 Å². The van der Waals surface area contributed by atoms with Gasteiger partial charge in [0.15, 0.2) is 5.13 Å². The van der Waals surface area contributed by atoms with Crippen LogP contribution in [0.5, 0.6) is 5.75 Å². The number of nitrogens with zero attached hydrogens (tertiary/aromatic N) is 2. The van der Waals surface area contributed by atoms with Crippen molar-refractivity contribution in [1.82, 2.24) is 4.98 Å². The fourth-order valence-electron chi connectivity index (χ4n) is 2.81. The minimum atomic E-state index is 0.930. The first-order valence-corrected chi connectivity index (χ1v) is 7.91. The Morgan fingerprint density at radius 2 is 2.05 bits per heavy atom. The third-order valence-corrected chi connectivity index (χ3v) is 5.08. The van der Waals surface area contributed by atoms with Crippen molar-refractivity contribution in [3.05, 3.63) is 53.6 Å². The maximum absolute atomic E-state index is 5.31. The van der Waals surface area contributed by atoms with Crippen molar-refractivity contribution < 1.29 is 4.74 Å². The summed E-state index contributed by atoms with van der Waals surface area (Å²) in [6.07, 6.45) is 1.04. The summed E-state index contributed by atoms with van der Waals surface area (Å²) in [6.45, 7) is 1.94. The first-order valence-electron chi connectivity index (χ1n) is 7.10. The fraction of sp³-hybridized carbons (Fsp3) is 0.235. The number of methoxy groups -OCH3 is 1. The quantitative estimate of drug-likeness (QED) is 0.718. The van der Waals surface area contributed by atoms with Crippen molar-refractivity contribution in [2.75, 3.05) is 18.6 Å². The second-order valence-electron chi connectivity index (χ2n) is 5.27. The van der Waals surface area contributed by atoms with Crippen LogP contribution in [0.1, 0.15) is 11.1 Å². The minimum Gasteiger partial charge on any atom is -0.497 e. The molecule has 4 heteroatoms. The number of aromatic nitrogens is 1. The molecule has 106 valence electrons. The average Bonchev–Trinajstić information content (AvgIpc) is 2.98.